The maximum Gasteiger partial charge on any atom is 0.307 e. The summed E-state index contributed by atoms with van der Waals surface area (Å²) in [5, 5.41) is 19.3. The van der Waals surface area contributed by atoms with Crippen LogP contribution in [0, 0.1) is 0 Å². The molecule has 1 N–H and O–H groups in total. The molecule has 0 aliphatic rings. The van der Waals surface area contributed by atoms with Crippen LogP contribution in [0.4, 0.5) is 0 Å². The monoisotopic (exact) mass is 178 g/mol. The van der Waals surface area contributed by atoms with Crippen LogP contribution in [0.25, 0.3) is 5.65 Å². The molecule has 13 heavy (non-hydrogen) atoms. The molecule has 2 aromatic rings. The van der Waals surface area contributed by atoms with Crippen molar-refractivity contribution in [3.8, 4) is 0 Å². The molecule has 0 saturated carbocycles. The van der Waals surface area contributed by atoms with Gasteiger partial charge in [-0.3, -0.25) is 4.79 Å². The third-order valence-corrected chi connectivity index (χ3v) is 1.62. The van der Waals surface area contributed by atoms with Crippen LogP contribution in [0.1, 0.15) is 5.56 Å². The van der Waals surface area contributed by atoms with Gasteiger partial charge in [-0.05, 0) is 28.1 Å². The minimum atomic E-state index is -0.864. The van der Waals surface area contributed by atoms with E-state index in [1.54, 1.807) is 18.3 Å². The lowest BCUT2D eigenvalue weighted by atomic mass is 10.2. The van der Waals surface area contributed by atoms with Gasteiger partial charge in [-0.2, -0.15) is 0 Å². The van der Waals surface area contributed by atoms with Crippen LogP contribution in [0.15, 0.2) is 18.3 Å². The molecule has 0 aliphatic heterocycles. The van der Waals surface area contributed by atoms with Gasteiger partial charge in [0.1, 0.15) is 0 Å². The molecule has 6 heteroatoms. The second-order valence-corrected chi connectivity index (χ2v) is 2.59. The number of nitrogens with zero attached hydrogens (tertiary/aromatic N) is 4. The predicted molar refractivity (Wildman–Crippen MR) is 42.1 cm³/mol. The smallest absolute Gasteiger partial charge is 0.307 e. The Morgan fingerprint density at radius 3 is 3.23 bits per heavy atom. The first-order chi connectivity index (χ1) is 6.25. The number of aliphatic carboxylic acids is 1. The van der Waals surface area contributed by atoms with Gasteiger partial charge in [-0.15, -0.1) is 5.10 Å². The van der Waals surface area contributed by atoms with Crippen LogP contribution in [-0.4, -0.2) is 31.1 Å². The summed E-state index contributed by atoms with van der Waals surface area (Å²) in [6.07, 6.45) is 1.62. The third kappa shape index (κ3) is 1.46. The summed E-state index contributed by atoms with van der Waals surface area (Å²) >= 11 is 0. The first kappa shape index (κ1) is 7.66. The summed E-state index contributed by atoms with van der Waals surface area (Å²) in [5.41, 5.74) is 1.24. The molecule has 2 aromatic heterocycles. The number of carbonyl (C=O) groups is 1. The molecule has 0 spiro atoms. The van der Waals surface area contributed by atoms with Crippen molar-refractivity contribution < 1.29 is 9.90 Å². The van der Waals surface area contributed by atoms with E-state index >= 15 is 0 Å². The van der Waals surface area contributed by atoms with Crippen LogP contribution >= 0.6 is 0 Å². The van der Waals surface area contributed by atoms with Crippen LogP contribution in [-0.2, 0) is 11.2 Å². The molecule has 6 nitrogen and oxygen atoms in total. The van der Waals surface area contributed by atoms with Gasteiger partial charge >= 0.3 is 5.97 Å². The number of carboxylic acid groups (broad SMARTS) is 1. The lowest BCUT2D eigenvalue weighted by molar-refractivity contribution is -0.136. The molecule has 0 amide bonds. The van der Waals surface area contributed by atoms with Gasteiger partial charge in [0, 0.05) is 6.20 Å². The molecule has 0 radical (unpaired) electrons. The highest BCUT2D eigenvalue weighted by Gasteiger charge is 2.02. The van der Waals surface area contributed by atoms with Gasteiger partial charge in [-0.1, -0.05) is 0 Å². The van der Waals surface area contributed by atoms with E-state index in [-0.39, 0.29) is 6.42 Å². The van der Waals surface area contributed by atoms with E-state index in [4.69, 9.17) is 5.11 Å². The van der Waals surface area contributed by atoms with Gasteiger partial charge in [0.05, 0.1) is 6.42 Å². The van der Waals surface area contributed by atoms with Crippen LogP contribution < -0.4 is 0 Å². The van der Waals surface area contributed by atoms with Crippen molar-refractivity contribution in [1.29, 1.82) is 0 Å². The van der Waals surface area contributed by atoms with Crippen molar-refractivity contribution in [2.24, 2.45) is 0 Å². The zero-order valence-electron chi connectivity index (χ0n) is 6.58. The highest BCUT2D eigenvalue weighted by molar-refractivity contribution is 5.70. The zero-order chi connectivity index (χ0) is 9.26. The average molecular weight is 178 g/mol. The number of hydrogen-bond donors (Lipinski definition) is 1. The molecule has 2 rings (SSSR count). The highest BCUT2D eigenvalue weighted by Crippen LogP contribution is 2.03. The van der Waals surface area contributed by atoms with Crippen LogP contribution in [0.2, 0.25) is 0 Å². The molecule has 0 bridgehead atoms. The third-order valence-electron chi connectivity index (χ3n) is 1.62. The average Bonchev–Trinajstić information content (AvgIpc) is 2.49. The Morgan fingerprint density at radius 1 is 1.62 bits per heavy atom. The maximum atomic E-state index is 10.4. The predicted octanol–water partition coefficient (Wildman–Crippen LogP) is -0.249. The Bertz CT molecular complexity index is 450. The van der Waals surface area contributed by atoms with E-state index in [9.17, 15) is 4.79 Å². The summed E-state index contributed by atoms with van der Waals surface area (Å²) < 4.78 is 1.48. The van der Waals surface area contributed by atoms with Crippen molar-refractivity contribution in [1.82, 2.24) is 20.0 Å². The quantitative estimate of drug-likeness (QED) is 0.685. The lowest BCUT2D eigenvalue weighted by Gasteiger charge is -1.95. The maximum absolute atomic E-state index is 10.4. The van der Waals surface area contributed by atoms with E-state index in [1.165, 1.54) is 4.52 Å². The summed E-state index contributed by atoms with van der Waals surface area (Å²) in [6.45, 7) is 0. The Kier molecular flexibility index (Phi) is 1.66. The summed E-state index contributed by atoms with van der Waals surface area (Å²) in [5.74, 6) is -0.864. The van der Waals surface area contributed by atoms with Crippen molar-refractivity contribution in [2.45, 2.75) is 6.42 Å². The number of rotatable bonds is 2. The normalized spacial score (nSPS) is 10.5. The highest BCUT2D eigenvalue weighted by atomic mass is 16.4. The van der Waals surface area contributed by atoms with Gasteiger partial charge in [0.2, 0.25) is 0 Å². The summed E-state index contributed by atoms with van der Waals surface area (Å²) in [6, 6.07) is 3.32. The van der Waals surface area contributed by atoms with Crippen molar-refractivity contribution >= 4 is 11.6 Å². The Hall–Kier alpha value is -1.98. The fourth-order valence-electron chi connectivity index (χ4n) is 1.07. The van der Waals surface area contributed by atoms with Crippen molar-refractivity contribution in [3.63, 3.8) is 0 Å². The molecule has 0 atom stereocenters. The van der Waals surface area contributed by atoms with Crippen LogP contribution in [0.5, 0.6) is 0 Å². The second kappa shape index (κ2) is 2.81. The number of hydrogen-bond acceptors (Lipinski definition) is 4. The minimum Gasteiger partial charge on any atom is -0.481 e. The summed E-state index contributed by atoms with van der Waals surface area (Å²) in [7, 11) is 0. The Morgan fingerprint density at radius 2 is 2.46 bits per heavy atom. The number of carboxylic acids is 1. The molecule has 0 saturated heterocycles. The number of fused-ring (bicyclic) bond motifs is 1. The molecule has 0 aromatic carbocycles. The van der Waals surface area contributed by atoms with E-state index in [1.807, 2.05) is 0 Å². The zero-order valence-corrected chi connectivity index (χ0v) is 6.58. The fraction of sp³-hybridized carbons (Fsp3) is 0.143. The molecule has 2 heterocycles. The largest absolute Gasteiger partial charge is 0.481 e. The second-order valence-electron chi connectivity index (χ2n) is 2.59. The SMILES string of the molecule is O=C(O)Cc1ccn2nnnc2c1. The van der Waals surface area contributed by atoms with Crippen molar-refractivity contribution in [3.05, 3.63) is 23.9 Å². The molecular formula is C7H6N4O2. The molecule has 66 valence electrons. The topological polar surface area (TPSA) is 80.4 Å². The Labute approximate surface area is 72.8 Å². The first-order valence-electron chi connectivity index (χ1n) is 3.64. The standard InChI is InChI=1S/C7H6N4O2/c12-7(13)4-5-1-2-11-6(3-5)8-9-10-11/h1-3H,4H2,(H,12,13). The van der Waals surface area contributed by atoms with Gasteiger partial charge < -0.3 is 5.11 Å². The van der Waals surface area contributed by atoms with E-state index in [0.717, 1.165) is 0 Å². The van der Waals surface area contributed by atoms with E-state index < -0.39 is 5.97 Å². The Balaban J connectivity index is 2.42. The molecule has 0 fully saturated rings. The number of pyridine rings is 1. The summed E-state index contributed by atoms with van der Waals surface area (Å²) in [4.78, 5) is 10.4. The van der Waals surface area contributed by atoms with Gasteiger partial charge in [0.15, 0.2) is 5.65 Å². The van der Waals surface area contributed by atoms with Crippen molar-refractivity contribution in [2.75, 3.05) is 0 Å². The fourth-order valence-corrected chi connectivity index (χ4v) is 1.07. The van der Waals surface area contributed by atoms with E-state index in [0.29, 0.717) is 11.2 Å². The minimum absolute atomic E-state index is 0.0106. The van der Waals surface area contributed by atoms with Crippen LogP contribution in [0.3, 0.4) is 0 Å². The number of tetrazole rings is 1. The lowest BCUT2D eigenvalue weighted by Crippen LogP contribution is -2.00. The molecular weight excluding hydrogens is 172 g/mol. The molecule has 0 aliphatic carbocycles. The molecule has 0 unspecified atom stereocenters. The number of aromatic nitrogens is 4. The van der Waals surface area contributed by atoms with Gasteiger partial charge in [-0.25, -0.2) is 4.52 Å². The van der Waals surface area contributed by atoms with E-state index in [2.05, 4.69) is 15.5 Å². The first-order valence-corrected chi connectivity index (χ1v) is 3.64. The van der Waals surface area contributed by atoms with Gasteiger partial charge in [0.25, 0.3) is 0 Å².